The first-order valence-electron chi connectivity index (χ1n) is 14.0. The first kappa shape index (κ1) is 20.8. The third-order valence-electron chi connectivity index (χ3n) is 9.59. The van der Waals surface area contributed by atoms with Crippen molar-refractivity contribution in [1.82, 2.24) is 4.98 Å². The molecule has 0 saturated carbocycles. The van der Waals surface area contributed by atoms with Gasteiger partial charge in [-0.1, -0.05) is 127 Å². The normalized spacial score (nSPS) is 14.2. The van der Waals surface area contributed by atoms with Crippen LogP contribution < -0.4 is 0 Å². The zero-order valence-corrected chi connectivity index (χ0v) is 21.7. The maximum atomic E-state index is 3.87. The molecule has 1 heterocycles. The smallest absolute Gasteiger partial charge is 0.0732 e. The van der Waals surface area contributed by atoms with E-state index in [0.29, 0.717) is 0 Å². The van der Waals surface area contributed by atoms with E-state index in [9.17, 15) is 0 Å². The lowest BCUT2D eigenvalue weighted by Crippen LogP contribution is -2.26. The summed E-state index contributed by atoms with van der Waals surface area (Å²) in [5.74, 6) is 0. The van der Waals surface area contributed by atoms with E-state index in [1.54, 1.807) is 0 Å². The number of hydrogen-bond donors (Lipinski definition) is 1. The predicted octanol–water partition coefficient (Wildman–Crippen LogP) is 9.97. The molecule has 10 rings (SSSR count). The summed E-state index contributed by atoms with van der Waals surface area (Å²) in [5.41, 5.74) is 13.0. The van der Waals surface area contributed by atoms with Crippen LogP contribution in [0, 0.1) is 0 Å². The Bertz CT molecular complexity index is 2340. The number of aromatic nitrogens is 1. The molecular weight excluding hydrogens is 482 g/mol. The molecule has 7 aromatic carbocycles. The van der Waals surface area contributed by atoms with Crippen LogP contribution in [-0.4, -0.2) is 4.98 Å². The fourth-order valence-corrected chi connectivity index (χ4v) is 8.14. The average Bonchev–Trinajstić information content (AvgIpc) is 3.65. The molecule has 1 heteroatoms. The molecule has 0 unspecified atom stereocenters. The van der Waals surface area contributed by atoms with Crippen molar-refractivity contribution in [3.8, 4) is 22.3 Å². The Hall–Kier alpha value is -5.14. The highest BCUT2D eigenvalue weighted by Gasteiger charge is 2.53. The quantitative estimate of drug-likeness (QED) is 0.211. The second-order valence-corrected chi connectivity index (χ2v) is 11.3. The topological polar surface area (TPSA) is 15.8 Å². The summed E-state index contributed by atoms with van der Waals surface area (Å²) in [5, 5.41) is 7.78. The van der Waals surface area contributed by atoms with E-state index in [1.165, 1.54) is 87.9 Å². The lowest BCUT2D eigenvalue weighted by atomic mass is 9.69. The number of benzene rings is 7. The van der Waals surface area contributed by atoms with Crippen LogP contribution in [0.3, 0.4) is 0 Å². The van der Waals surface area contributed by atoms with Gasteiger partial charge in [-0.25, -0.2) is 0 Å². The van der Waals surface area contributed by atoms with Crippen LogP contribution in [0.1, 0.15) is 22.3 Å². The van der Waals surface area contributed by atoms with Gasteiger partial charge in [0, 0.05) is 21.7 Å². The van der Waals surface area contributed by atoms with Gasteiger partial charge in [-0.05, 0) is 66.7 Å². The lowest BCUT2D eigenvalue weighted by molar-refractivity contribution is 0.802. The zero-order valence-electron chi connectivity index (χ0n) is 21.7. The van der Waals surface area contributed by atoms with Gasteiger partial charge >= 0.3 is 0 Å². The minimum absolute atomic E-state index is 0.387. The van der Waals surface area contributed by atoms with Crippen LogP contribution in [0.15, 0.2) is 133 Å². The SMILES string of the molecule is c1ccc2c(c1)-c1ccccc1C21c2ccc3ccccc3c2-c2ccc3[nH]c4c5ccccc5ccc4c3c21. The first-order chi connectivity index (χ1) is 19.9. The van der Waals surface area contributed by atoms with Crippen molar-refractivity contribution < 1.29 is 0 Å². The number of nitrogens with one attached hydrogen (secondary N) is 1. The van der Waals surface area contributed by atoms with Gasteiger partial charge in [0.1, 0.15) is 0 Å². The fraction of sp³-hybridized carbons (Fsp3) is 0.0256. The number of H-pyrrole nitrogens is 1. The Morgan fingerprint density at radius 3 is 1.82 bits per heavy atom. The molecule has 1 N–H and O–H groups in total. The fourth-order valence-electron chi connectivity index (χ4n) is 8.14. The highest BCUT2D eigenvalue weighted by molar-refractivity contribution is 6.21. The van der Waals surface area contributed by atoms with E-state index in [0.717, 1.165) is 0 Å². The highest BCUT2D eigenvalue weighted by Crippen LogP contribution is 2.65. The molecule has 0 bridgehead atoms. The summed E-state index contributed by atoms with van der Waals surface area (Å²) in [7, 11) is 0. The third-order valence-corrected chi connectivity index (χ3v) is 9.59. The Morgan fingerprint density at radius 1 is 0.425 bits per heavy atom. The van der Waals surface area contributed by atoms with E-state index in [-0.39, 0.29) is 5.41 Å². The molecule has 40 heavy (non-hydrogen) atoms. The van der Waals surface area contributed by atoms with Crippen molar-refractivity contribution in [2.24, 2.45) is 0 Å². The van der Waals surface area contributed by atoms with E-state index in [2.05, 4.69) is 138 Å². The van der Waals surface area contributed by atoms with Gasteiger partial charge in [0.05, 0.1) is 10.9 Å². The second kappa shape index (κ2) is 7.08. The molecule has 0 saturated heterocycles. The molecule has 0 amide bonds. The average molecular weight is 506 g/mol. The highest BCUT2D eigenvalue weighted by atomic mass is 14.7. The molecule has 2 aliphatic rings. The summed E-state index contributed by atoms with van der Waals surface area (Å²) < 4.78 is 0. The van der Waals surface area contributed by atoms with Gasteiger partial charge in [-0.3, -0.25) is 0 Å². The Kier molecular flexibility index (Phi) is 3.68. The Balaban J connectivity index is 1.50. The van der Waals surface area contributed by atoms with Crippen molar-refractivity contribution in [3.05, 3.63) is 156 Å². The molecule has 0 atom stereocenters. The predicted molar refractivity (Wildman–Crippen MR) is 167 cm³/mol. The Labute approximate surface area is 231 Å². The van der Waals surface area contributed by atoms with Crippen LogP contribution in [0.5, 0.6) is 0 Å². The van der Waals surface area contributed by atoms with E-state index >= 15 is 0 Å². The first-order valence-corrected chi connectivity index (χ1v) is 14.0. The summed E-state index contributed by atoms with van der Waals surface area (Å²) in [6, 6.07) is 49.8. The van der Waals surface area contributed by atoms with Crippen LogP contribution in [0.25, 0.3) is 65.6 Å². The minimum Gasteiger partial charge on any atom is -0.354 e. The van der Waals surface area contributed by atoms with Gasteiger partial charge in [-0.2, -0.15) is 0 Å². The molecular formula is C39H23N. The van der Waals surface area contributed by atoms with Gasteiger partial charge < -0.3 is 4.98 Å². The number of aromatic amines is 1. The van der Waals surface area contributed by atoms with Crippen molar-refractivity contribution in [3.63, 3.8) is 0 Å². The zero-order chi connectivity index (χ0) is 26.0. The van der Waals surface area contributed by atoms with Crippen molar-refractivity contribution in [2.45, 2.75) is 5.41 Å². The van der Waals surface area contributed by atoms with Crippen LogP contribution >= 0.6 is 0 Å². The Morgan fingerprint density at radius 2 is 1.05 bits per heavy atom. The van der Waals surface area contributed by atoms with Crippen LogP contribution in [0.2, 0.25) is 0 Å². The van der Waals surface area contributed by atoms with Crippen molar-refractivity contribution in [2.75, 3.05) is 0 Å². The van der Waals surface area contributed by atoms with Crippen LogP contribution in [-0.2, 0) is 5.41 Å². The summed E-state index contributed by atoms with van der Waals surface area (Å²) in [6.45, 7) is 0. The molecule has 0 aliphatic heterocycles. The standard InChI is InChI=1S/C39H23N/c1-3-11-25-23(9-1)18-21-33-35(25)29-20-22-34-36(30-19-17-24-10-2-4-12-26(24)38(30)40-34)37(29)39(33)31-15-7-5-13-27(31)28-14-6-8-16-32(28)39/h1-22,40H. The molecule has 1 spiro atoms. The molecule has 184 valence electrons. The number of hydrogen-bond acceptors (Lipinski definition) is 0. The summed E-state index contributed by atoms with van der Waals surface area (Å²) >= 11 is 0. The van der Waals surface area contributed by atoms with Gasteiger partial charge in [-0.15, -0.1) is 0 Å². The van der Waals surface area contributed by atoms with Crippen molar-refractivity contribution in [1.29, 1.82) is 0 Å². The molecule has 0 radical (unpaired) electrons. The third kappa shape index (κ3) is 2.25. The van der Waals surface area contributed by atoms with Gasteiger partial charge in [0.2, 0.25) is 0 Å². The van der Waals surface area contributed by atoms with Crippen LogP contribution in [0.4, 0.5) is 0 Å². The molecule has 1 nitrogen and oxygen atoms in total. The van der Waals surface area contributed by atoms with Crippen molar-refractivity contribution >= 4 is 43.4 Å². The summed E-state index contributed by atoms with van der Waals surface area (Å²) in [6.07, 6.45) is 0. The molecule has 8 aromatic rings. The maximum absolute atomic E-state index is 3.87. The van der Waals surface area contributed by atoms with E-state index in [4.69, 9.17) is 0 Å². The maximum Gasteiger partial charge on any atom is 0.0732 e. The monoisotopic (exact) mass is 505 g/mol. The lowest BCUT2D eigenvalue weighted by Gasteiger charge is -2.31. The number of rotatable bonds is 0. The van der Waals surface area contributed by atoms with Gasteiger partial charge in [0.25, 0.3) is 0 Å². The van der Waals surface area contributed by atoms with E-state index in [1.807, 2.05) is 0 Å². The second-order valence-electron chi connectivity index (χ2n) is 11.3. The van der Waals surface area contributed by atoms with Gasteiger partial charge in [0.15, 0.2) is 0 Å². The molecule has 2 aliphatic carbocycles. The minimum atomic E-state index is -0.387. The number of fused-ring (bicyclic) bond motifs is 18. The molecule has 1 aromatic heterocycles. The molecule has 0 fully saturated rings. The van der Waals surface area contributed by atoms with E-state index < -0.39 is 0 Å². The largest absolute Gasteiger partial charge is 0.354 e. The summed E-state index contributed by atoms with van der Waals surface area (Å²) in [4.78, 5) is 3.87.